The van der Waals surface area contributed by atoms with Gasteiger partial charge in [0.15, 0.2) is 0 Å². The van der Waals surface area contributed by atoms with E-state index in [1.54, 1.807) is 4.90 Å². The number of piperidine rings is 1. The summed E-state index contributed by atoms with van der Waals surface area (Å²) in [5, 5.41) is 5.30. The summed E-state index contributed by atoms with van der Waals surface area (Å²) >= 11 is 12.6. The van der Waals surface area contributed by atoms with Crippen molar-refractivity contribution in [3.05, 3.63) is 100 Å². The molecule has 1 aliphatic heterocycles. The zero-order chi connectivity index (χ0) is 33.1. The van der Waals surface area contributed by atoms with E-state index in [4.69, 9.17) is 32.9 Å². The van der Waals surface area contributed by atoms with Crippen LogP contribution in [0.4, 0.5) is 4.79 Å². The standard InChI is InChI=1S/C37H39Cl2N5O3/c1-37(2,3)47-36(46)43-19-16-24(17-20-43)15-18-40-35(45)33-31(29-14-13-28(39)21-30(29)42-33)34-32(26-7-5-4-6-8-26)41-23-44(34)22-25-9-11-27(38)12-10-25/h4-14,21,23-24,42H,15-20,22H2,1-3H3,(H,40,45). The lowest BCUT2D eigenvalue weighted by atomic mass is 9.93. The number of fused-ring (bicyclic) bond motifs is 1. The van der Waals surface area contributed by atoms with Crippen molar-refractivity contribution in [3.63, 3.8) is 0 Å². The van der Waals surface area contributed by atoms with Crippen molar-refractivity contribution in [2.75, 3.05) is 19.6 Å². The summed E-state index contributed by atoms with van der Waals surface area (Å²) in [7, 11) is 0. The molecule has 2 aromatic heterocycles. The normalized spacial score (nSPS) is 14.0. The predicted molar refractivity (Wildman–Crippen MR) is 188 cm³/mol. The van der Waals surface area contributed by atoms with E-state index < -0.39 is 5.60 Å². The van der Waals surface area contributed by atoms with Gasteiger partial charge >= 0.3 is 6.09 Å². The minimum atomic E-state index is -0.513. The van der Waals surface area contributed by atoms with E-state index in [1.807, 2.05) is 99.9 Å². The van der Waals surface area contributed by atoms with Crippen LogP contribution in [0.2, 0.25) is 10.0 Å². The van der Waals surface area contributed by atoms with Crippen LogP contribution in [0, 0.1) is 5.92 Å². The van der Waals surface area contributed by atoms with E-state index >= 15 is 0 Å². The molecule has 0 spiro atoms. The molecule has 47 heavy (non-hydrogen) atoms. The fraction of sp³-hybridized carbons (Fsp3) is 0.324. The fourth-order valence-corrected chi connectivity index (χ4v) is 6.45. The van der Waals surface area contributed by atoms with Crippen molar-refractivity contribution in [2.24, 2.45) is 5.92 Å². The number of aromatic amines is 1. The van der Waals surface area contributed by atoms with E-state index in [1.165, 1.54) is 0 Å². The second-order valence-electron chi connectivity index (χ2n) is 13.1. The molecule has 244 valence electrons. The molecule has 1 aliphatic rings. The second-order valence-corrected chi connectivity index (χ2v) is 14.0. The molecular formula is C37H39Cl2N5O3. The minimum Gasteiger partial charge on any atom is -0.444 e. The Morgan fingerprint density at radius 3 is 2.38 bits per heavy atom. The van der Waals surface area contributed by atoms with E-state index in [2.05, 4.69) is 14.9 Å². The van der Waals surface area contributed by atoms with E-state index in [0.29, 0.717) is 47.8 Å². The zero-order valence-electron chi connectivity index (χ0n) is 26.9. The van der Waals surface area contributed by atoms with Crippen molar-refractivity contribution in [3.8, 4) is 22.5 Å². The number of imidazole rings is 1. The Balaban J connectivity index is 1.27. The van der Waals surface area contributed by atoms with Crippen molar-refractivity contribution in [1.29, 1.82) is 0 Å². The van der Waals surface area contributed by atoms with Gasteiger partial charge in [0.2, 0.25) is 0 Å². The van der Waals surface area contributed by atoms with E-state index in [0.717, 1.165) is 58.2 Å². The Labute approximate surface area is 285 Å². The van der Waals surface area contributed by atoms with Gasteiger partial charge in [0.1, 0.15) is 11.3 Å². The number of hydrogen-bond acceptors (Lipinski definition) is 4. The monoisotopic (exact) mass is 671 g/mol. The third-order valence-electron chi connectivity index (χ3n) is 8.48. The maximum absolute atomic E-state index is 14.0. The first kappa shape index (κ1) is 32.7. The molecule has 3 heterocycles. The summed E-state index contributed by atoms with van der Waals surface area (Å²) in [6, 6.07) is 23.4. The van der Waals surface area contributed by atoms with Crippen molar-refractivity contribution in [1.82, 2.24) is 24.8 Å². The van der Waals surface area contributed by atoms with Crippen LogP contribution in [0.15, 0.2) is 79.1 Å². The molecule has 8 nitrogen and oxygen atoms in total. The number of amides is 2. The fourth-order valence-electron chi connectivity index (χ4n) is 6.15. The molecule has 0 radical (unpaired) electrons. The summed E-state index contributed by atoms with van der Waals surface area (Å²) < 4.78 is 7.62. The Bertz CT molecular complexity index is 1870. The summed E-state index contributed by atoms with van der Waals surface area (Å²) in [6.45, 7) is 7.99. The van der Waals surface area contributed by atoms with Gasteiger partial charge in [-0.2, -0.15) is 0 Å². The van der Waals surface area contributed by atoms with Crippen LogP contribution < -0.4 is 5.32 Å². The number of halogens is 2. The number of carbonyl (C=O) groups excluding carboxylic acids is 2. The van der Waals surface area contributed by atoms with Crippen LogP contribution in [0.5, 0.6) is 0 Å². The molecule has 3 aromatic carbocycles. The Morgan fingerprint density at radius 1 is 0.979 bits per heavy atom. The van der Waals surface area contributed by atoms with Gasteiger partial charge in [-0.25, -0.2) is 9.78 Å². The van der Waals surface area contributed by atoms with Crippen LogP contribution in [0.25, 0.3) is 33.4 Å². The minimum absolute atomic E-state index is 0.197. The van der Waals surface area contributed by atoms with E-state index in [-0.39, 0.29) is 12.0 Å². The Kier molecular flexibility index (Phi) is 9.62. The summed E-state index contributed by atoms with van der Waals surface area (Å²) in [5.74, 6) is 0.206. The van der Waals surface area contributed by atoms with Crippen molar-refractivity contribution < 1.29 is 14.3 Å². The Hall–Kier alpha value is -4.27. The summed E-state index contributed by atoms with van der Waals surface area (Å²) in [4.78, 5) is 36.5. The van der Waals surface area contributed by atoms with Crippen molar-refractivity contribution >= 4 is 46.1 Å². The number of H-pyrrole nitrogens is 1. The van der Waals surface area contributed by atoms with Crippen LogP contribution in [0.1, 0.15) is 56.1 Å². The predicted octanol–water partition coefficient (Wildman–Crippen LogP) is 8.82. The van der Waals surface area contributed by atoms with Gasteiger partial charge in [-0.05, 0) is 75.8 Å². The second kappa shape index (κ2) is 13.8. The summed E-state index contributed by atoms with van der Waals surface area (Å²) in [5.41, 5.74) is 5.10. The van der Waals surface area contributed by atoms with Crippen LogP contribution in [-0.2, 0) is 11.3 Å². The van der Waals surface area contributed by atoms with E-state index in [9.17, 15) is 9.59 Å². The molecule has 2 N–H and O–H groups in total. The number of nitrogens with one attached hydrogen (secondary N) is 2. The van der Waals surface area contributed by atoms with Crippen LogP contribution >= 0.6 is 23.2 Å². The maximum Gasteiger partial charge on any atom is 0.410 e. The molecule has 0 saturated carbocycles. The highest BCUT2D eigenvalue weighted by atomic mass is 35.5. The number of carbonyl (C=O) groups is 2. The maximum atomic E-state index is 14.0. The third-order valence-corrected chi connectivity index (χ3v) is 8.97. The molecule has 10 heteroatoms. The lowest BCUT2D eigenvalue weighted by molar-refractivity contribution is 0.0181. The van der Waals surface area contributed by atoms with Crippen molar-refractivity contribution in [2.45, 2.75) is 52.2 Å². The number of likely N-dealkylation sites (tertiary alicyclic amines) is 1. The lowest BCUT2D eigenvalue weighted by Gasteiger charge is -2.33. The van der Waals surface area contributed by atoms with Gasteiger partial charge in [0.05, 0.1) is 17.7 Å². The topological polar surface area (TPSA) is 92.2 Å². The molecule has 0 unspecified atom stereocenters. The quantitative estimate of drug-likeness (QED) is 0.172. The molecule has 6 rings (SSSR count). The average molecular weight is 673 g/mol. The molecule has 0 aliphatic carbocycles. The first-order chi connectivity index (χ1) is 22.6. The molecule has 5 aromatic rings. The highest BCUT2D eigenvalue weighted by Crippen LogP contribution is 2.39. The number of nitrogens with zero attached hydrogens (tertiary/aromatic N) is 3. The SMILES string of the molecule is CC(C)(C)OC(=O)N1CCC(CCNC(=O)c2[nH]c3cc(Cl)ccc3c2-c2c(-c3ccccc3)ncn2Cc2ccc(Cl)cc2)CC1. The van der Waals surface area contributed by atoms with Gasteiger partial charge in [-0.1, -0.05) is 71.7 Å². The molecule has 1 saturated heterocycles. The number of rotatable bonds is 8. The average Bonchev–Trinajstić information content (AvgIpc) is 3.62. The number of hydrogen-bond donors (Lipinski definition) is 2. The van der Waals surface area contributed by atoms with Gasteiger partial charge < -0.3 is 24.5 Å². The first-order valence-electron chi connectivity index (χ1n) is 16.0. The largest absolute Gasteiger partial charge is 0.444 e. The van der Waals surface area contributed by atoms with Gasteiger partial charge in [-0.3, -0.25) is 4.79 Å². The molecular weight excluding hydrogens is 633 g/mol. The number of aromatic nitrogens is 3. The molecule has 2 amide bonds. The lowest BCUT2D eigenvalue weighted by Crippen LogP contribution is -2.42. The Morgan fingerprint density at radius 2 is 1.68 bits per heavy atom. The highest BCUT2D eigenvalue weighted by molar-refractivity contribution is 6.31. The molecule has 0 bridgehead atoms. The number of ether oxygens (including phenoxy) is 1. The van der Waals surface area contributed by atoms with Crippen LogP contribution in [-0.4, -0.2) is 56.7 Å². The van der Waals surface area contributed by atoms with Gasteiger partial charge in [-0.15, -0.1) is 0 Å². The smallest absolute Gasteiger partial charge is 0.410 e. The molecule has 0 atom stereocenters. The van der Waals surface area contributed by atoms with Gasteiger partial charge in [0, 0.05) is 58.3 Å². The van der Waals surface area contributed by atoms with Crippen LogP contribution in [0.3, 0.4) is 0 Å². The summed E-state index contributed by atoms with van der Waals surface area (Å²) in [6.07, 6.45) is 4.12. The third kappa shape index (κ3) is 7.66. The molecule has 1 fully saturated rings. The zero-order valence-corrected chi connectivity index (χ0v) is 28.4. The number of benzene rings is 3. The first-order valence-corrected chi connectivity index (χ1v) is 16.7. The van der Waals surface area contributed by atoms with Gasteiger partial charge in [0.25, 0.3) is 5.91 Å². The highest BCUT2D eigenvalue weighted by Gasteiger charge is 2.28.